The van der Waals surface area contributed by atoms with Crippen molar-refractivity contribution in [2.75, 3.05) is 19.8 Å². The second-order valence-corrected chi connectivity index (χ2v) is 5.52. The lowest BCUT2D eigenvalue weighted by Gasteiger charge is -2.48. The zero-order valence-electron chi connectivity index (χ0n) is 8.83. The van der Waals surface area contributed by atoms with Crippen LogP contribution in [0.5, 0.6) is 0 Å². The number of phosphoric ester groups is 1. The Hall–Kier alpha value is -0.0100. The maximum atomic E-state index is 11.5. The van der Waals surface area contributed by atoms with E-state index in [9.17, 15) is 19.9 Å². The number of aliphatic hydroxyl groups is 3. The number of aliphatic hydroxyl groups excluding tert-OH is 3. The Morgan fingerprint density at radius 1 is 1.25 bits per heavy atom. The molecule has 94 valence electrons. The summed E-state index contributed by atoms with van der Waals surface area (Å²) in [5.74, 6) is -1.50. The number of hydrogen-bond donors (Lipinski definition) is 3. The highest BCUT2D eigenvalue weighted by Crippen LogP contribution is 2.78. The van der Waals surface area contributed by atoms with Gasteiger partial charge in [0.05, 0.1) is 25.2 Å². The minimum absolute atomic E-state index is 0.436. The molecule has 3 N–H and O–H groups in total. The van der Waals surface area contributed by atoms with Crippen LogP contribution in [0.4, 0.5) is 0 Å². The van der Waals surface area contributed by atoms with Gasteiger partial charge < -0.3 is 15.3 Å². The summed E-state index contributed by atoms with van der Waals surface area (Å²) in [4.78, 5) is 0. The van der Waals surface area contributed by atoms with Gasteiger partial charge in [-0.15, -0.1) is 0 Å². The predicted molar refractivity (Wildman–Crippen MR) is 51.4 cm³/mol. The summed E-state index contributed by atoms with van der Waals surface area (Å²) in [6.45, 7) is 0.101. The molecular formula is C8H15O7P. The van der Waals surface area contributed by atoms with Gasteiger partial charge in [0.25, 0.3) is 0 Å². The second kappa shape index (κ2) is 3.74. The number of hydrogen-bond acceptors (Lipinski definition) is 7. The molecule has 0 spiro atoms. The molecule has 2 bridgehead atoms. The molecule has 16 heavy (non-hydrogen) atoms. The van der Waals surface area contributed by atoms with Crippen molar-refractivity contribution in [2.24, 2.45) is 5.41 Å². The summed E-state index contributed by atoms with van der Waals surface area (Å²) in [7, 11) is -3.51. The fourth-order valence-electron chi connectivity index (χ4n) is 2.08. The van der Waals surface area contributed by atoms with Crippen molar-refractivity contribution >= 4 is 7.82 Å². The third-order valence-electron chi connectivity index (χ3n) is 3.19. The maximum absolute atomic E-state index is 11.5. The average molecular weight is 254 g/mol. The molecule has 0 aromatic rings. The van der Waals surface area contributed by atoms with E-state index in [1.807, 2.05) is 0 Å². The molecule has 1 atom stereocenters. The molecule has 3 aliphatic rings. The van der Waals surface area contributed by atoms with Crippen molar-refractivity contribution in [3.8, 4) is 0 Å². The average Bonchev–Trinajstić information content (AvgIpc) is 2.70. The summed E-state index contributed by atoms with van der Waals surface area (Å²) in [6, 6.07) is 0. The van der Waals surface area contributed by atoms with E-state index < -0.39 is 44.9 Å². The van der Waals surface area contributed by atoms with Crippen molar-refractivity contribution < 1.29 is 33.5 Å². The molecule has 3 heterocycles. The first kappa shape index (κ1) is 12.4. The summed E-state index contributed by atoms with van der Waals surface area (Å²) in [5, 5.41) is 27.9. The van der Waals surface area contributed by atoms with E-state index in [0.29, 0.717) is 6.42 Å². The molecule has 3 rings (SSSR count). The maximum Gasteiger partial charge on any atom is 0.480 e. The molecule has 0 aromatic heterocycles. The van der Waals surface area contributed by atoms with Crippen LogP contribution in [-0.2, 0) is 18.1 Å². The van der Waals surface area contributed by atoms with Crippen molar-refractivity contribution in [3.05, 3.63) is 0 Å². The molecule has 3 saturated heterocycles. The molecule has 0 radical (unpaired) electrons. The highest BCUT2D eigenvalue weighted by atomic mass is 31.2. The highest BCUT2D eigenvalue weighted by Gasteiger charge is 2.78. The number of fused-ring (bicyclic) bond motifs is 1. The van der Waals surface area contributed by atoms with E-state index in [1.165, 1.54) is 0 Å². The summed E-state index contributed by atoms with van der Waals surface area (Å²) < 4.78 is 26.8. The predicted octanol–water partition coefficient (Wildman–Crippen LogP) is -0.390. The third kappa shape index (κ3) is 1.28. The van der Waals surface area contributed by atoms with Gasteiger partial charge in [0, 0.05) is 0 Å². The van der Waals surface area contributed by atoms with Crippen molar-refractivity contribution in [2.45, 2.75) is 25.2 Å². The minimum Gasteiger partial charge on any atom is -0.395 e. The zero-order valence-corrected chi connectivity index (χ0v) is 9.72. The first-order valence-corrected chi connectivity index (χ1v) is 6.50. The first-order valence-electron chi connectivity index (χ1n) is 5.04. The van der Waals surface area contributed by atoms with E-state index in [2.05, 4.69) is 0 Å². The van der Waals surface area contributed by atoms with Crippen LogP contribution >= 0.6 is 7.82 Å². The molecule has 8 heteroatoms. The van der Waals surface area contributed by atoms with Gasteiger partial charge in [0.15, 0.2) is 0 Å². The Morgan fingerprint density at radius 2 is 1.75 bits per heavy atom. The fourth-order valence-corrected chi connectivity index (χ4v) is 4.07. The number of rotatable bonds is 5. The summed E-state index contributed by atoms with van der Waals surface area (Å²) in [5.41, 5.74) is -1.42. The van der Waals surface area contributed by atoms with Crippen LogP contribution in [0.1, 0.15) is 13.3 Å². The van der Waals surface area contributed by atoms with Crippen molar-refractivity contribution in [3.63, 3.8) is 0 Å². The summed E-state index contributed by atoms with van der Waals surface area (Å²) in [6.07, 6.45) is -0.226. The highest BCUT2D eigenvalue weighted by molar-refractivity contribution is 7.50. The Balaban J connectivity index is 2.35. The summed E-state index contributed by atoms with van der Waals surface area (Å²) >= 11 is 0. The molecule has 0 aliphatic carbocycles. The Kier molecular flexibility index (Phi) is 2.91. The Bertz CT molecular complexity index is 308. The molecule has 7 nitrogen and oxygen atoms in total. The Morgan fingerprint density at radius 3 is 2.12 bits per heavy atom. The standard InChI is InChI=1S/C8H15O7P/c1-2-6-8(7(3-9,4-10)5-11)14-16(12,13-6)15-8/h6,9-11H,2-5H2,1H3. The van der Waals surface area contributed by atoms with Gasteiger partial charge in [-0.1, -0.05) is 6.92 Å². The lowest BCUT2D eigenvalue weighted by Crippen LogP contribution is -2.63. The van der Waals surface area contributed by atoms with Crippen LogP contribution in [0.2, 0.25) is 0 Å². The van der Waals surface area contributed by atoms with Gasteiger partial charge in [0.1, 0.15) is 6.10 Å². The third-order valence-corrected chi connectivity index (χ3v) is 4.70. The normalized spacial score (nSPS) is 42.1. The van der Waals surface area contributed by atoms with Gasteiger partial charge in [-0.3, -0.25) is 4.52 Å². The zero-order chi connectivity index (χ0) is 12.0. The van der Waals surface area contributed by atoms with E-state index in [4.69, 9.17) is 13.6 Å². The number of phosphoric acid groups is 1. The van der Waals surface area contributed by atoms with Crippen LogP contribution in [-0.4, -0.2) is 47.0 Å². The minimum atomic E-state index is -3.51. The van der Waals surface area contributed by atoms with Crippen molar-refractivity contribution in [1.82, 2.24) is 0 Å². The Labute approximate surface area is 92.6 Å². The smallest absolute Gasteiger partial charge is 0.395 e. The quantitative estimate of drug-likeness (QED) is 0.574. The molecule has 0 amide bonds. The van der Waals surface area contributed by atoms with Crippen LogP contribution in [0.15, 0.2) is 0 Å². The van der Waals surface area contributed by atoms with Gasteiger partial charge in [-0.25, -0.2) is 13.6 Å². The van der Waals surface area contributed by atoms with Crippen LogP contribution in [0, 0.1) is 5.41 Å². The lowest BCUT2D eigenvalue weighted by molar-refractivity contribution is -0.286. The van der Waals surface area contributed by atoms with Gasteiger partial charge in [-0.2, -0.15) is 0 Å². The SMILES string of the molecule is CCC1OP2(=O)OC1(C(CO)(CO)CO)O2. The van der Waals surface area contributed by atoms with Crippen LogP contribution in [0.25, 0.3) is 0 Å². The van der Waals surface area contributed by atoms with Gasteiger partial charge >= 0.3 is 7.82 Å². The molecule has 0 aromatic carbocycles. The second-order valence-electron chi connectivity index (χ2n) is 4.05. The van der Waals surface area contributed by atoms with Crippen molar-refractivity contribution in [1.29, 1.82) is 0 Å². The lowest BCUT2D eigenvalue weighted by atomic mass is 9.77. The molecular weight excluding hydrogens is 239 g/mol. The van der Waals surface area contributed by atoms with Gasteiger partial charge in [0.2, 0.25) is 5.79 Å². The van der Waals surface area contributed by atoms with E-state index in [1.54, 1.807) is 6.92 Å². The molecule has 1 unspecified atom stereocenters. The topological polar surface area (TPSA) is 105 Å². The molecule has 3 aliphatic heterocycles. The molecule has 3 fully saturated rings. The van der Waals surface area contributed by atoms with Gasteiger partial charge in [-0.05, 0) is 6.42 Å². The molecule has 0 saturated carbocycles. The largest absolute Gasteiger partial charge is 0.480 e. The van der Waals surface area contributed by atoms with E-state index in [0.717, 1.165) is 0 Å². The van der Waals surface area contributed by atoms with Crippen LogP contribution < -0.4 is 0 Å². The van der Waals surface area contributed by atoms with Crippen LogP contribution in [0.3, 0.4) is 0 Å². The monoisotopic (exact) mass is 254 g/mol. The fraction of sp³-hybridized carbons (Fsp3) is 1.00. The van der Waals surface area contributed by atoms with E-state index >= 15 is 0 Å². The first-order chi connectivity index (χ1) is 7.51. The van der Waals surface area contributed by atoms with E-state index in [-0.39, 0.29) is 0 Å².